The average Bonchev–Trinajstić information content (AvgIpc) is 2.56. The number of rotatable bonds is 7. The molecule has 1 amide bonds. The summed E-state index contributed by atoms with van der Waals surface area (Å²) in [6.07, 6.45) is 7.27. The molecule has 6 heteroatoms. The number of hydrogen-bond acceptors (Lipinski definition) is 5. The molecule has 130 valence electrons. The molecule has 23 heavy (non-hydrogen) atoms. The second-order valence-corrected chi connectivity index (χ2v) is 6.18. The van der Waals surface area contributed by atoms with Crippen LogP contribution >= 0.6 is 0 Å². The lowest BCUT2D eigenvalue weighted by Crippen LogP contribution is -2.45. The summed E-state index contributed by atoms with van der Waals surface area (Å²) in [6, 6.07) is -0.236. The quantitative estimate of drug-likeness (QED) is 0.572. The number of hydrogen-bond donors (Lipinski definition) is 1. The number of carbonyl (C=O) groups is 3. The van der Waals surface area contributed by atoms with Crippen LogP contribution in [0.1, 0.15) is 46.0 Å². The Labute approximate surface area is 137 Å². The lowest BCUT2D eigenvalue weighted by Gasteiger charge is -2.26. The minimum atomic E-state index is -0.632. The molecule has 0 radical (unpaired) electrons. The normalized spacial score (nSPS) is 17.0. The molecule has 0 bridgehead atoms. The third-order valence-electron chi connectivity index (χ3n) is 4.07. The average molecular weight is 325 g/mol. The molecule has 0 spiro atoms. The third kappa shape index (κ3) is 7.30. The van der Waals surface area contributed by atoms with Gasteiger partial charge in [-0.1, -0.05) is 33.1 Å². The van der Waals surface area contributed by atoms with Gasteiger partial charge in [-0.25, -0.2) is 9.59 Å². The predicted molar refractivity (Wildman–Crippen MR) is 85.5 cm³/mol. The molecule has 1 saturated carbocycles. The topological polar surface area (TPSA) is 81.7 Å². The van der Waals surface area contributed by atoms with Crippen molar-refractivity contribution in [2.24, 2.45) is 11.8 Å². The molecule has 0 unspecified atom stereocenters. The second kappa shape index (κ2) is 10.0. The summed E-state index contributed by atoms with van der Waals surface area (Å²) >= 11 is 0. The summed E-state index contributed by atoms with van der Waals surface area (Å²) in [7, 11) is 1.23. The van der Waals surface area contributed by atoms with Gasteiger partial charge in [0.15, 0.2) is 0 Å². The molecular formula is C17H27NO5. The lowest BCUT2D eigenvalue weighted by atomic mass is 9.88. The fourth-order valence-corrected chi connectivity index (χ4v) is 2.49. The van der Waals surface area contributed by atoms with Gasteiger partial charge in [-0.15, -0.1) is 0 Å². The highest BCUT2D eigenvalue weighted by molar-refractivity contribution is 5.91. The standard InChI is InChI=1S/C17H27NO5/c1-12(2)14(11-23-16(20)10-9-15(19)22-3)18-17(21)13-7-5-4-6-8-13/h9-10,12-14H,4-8,11H2,1-3H3,(H,18,21)/b10-9+/t14-/m0/s1. The predicted octanol–water partition coefficient (Wildman–Crippen LogP) is 1.98. The van der Waals surface area contributed by atoms with Crippen LogP contribution in [0.2, 0.25) is 0 Å². The van der Waals surface area contributed by atoms with Crippen LogP contribution in [0, 0.1) is 11.8 Å². The third-order valence-corrected chi connectivity index (χ3v) is 4.07. The van der Waals surface area contributed by atoms with Gasteiger partial charge in [0.1, 0.15) is 6.61 Å². The Morgan fingerprint density at radius 3 is 2.26 bits per heavy atom. The van der Waals surface area contributed by atoms with Crippen LogP contribution < -0.4 is 5.32 Å². The Morgan fingerprint density at radius 2 is 1.70 bits per heavy atom. The first-order chi connectivity index (χ1) is 10.9. The number of amides is 1. The molecule has 1 atom stereocenters. The van der Waals surface area contributed by atoms with E-state index in [1.165, 1.54) is 13.5 Å². The molecule has 1 fully saturated rings. The maximum Gasteiger partial charge on any atom is 0.331 e. The highest BCUT2D eigenvalue weighted by atomic mass is 16.5. The van der Waals surface area contributed by atoms with Gasteiger partial charge in [0.05, 0.1) is 13.2 Å². The van der Waals surface area contributed by atoms with E-state index >= 15 is 0 Å². The van der Waals surface area contributed by atoms with Gasteiger partial charge in [0, 0.05) is 18.1 Å². The van der Waals surface area contributed by atoms with E-state index in [0.29, 0.717) is 0 Å². The van der Waals surface area contributed by atoms with Crippen LogP contribution in [-0.4, -0.2) is 37.6 Å². The van der Waals surface area contributed by atoms with Gasteiger partial charge in [-0.2, -0.15) is 0 Å². The molecule has 1 N–H and O–H groups in total. The first kappa shape index (κ1) is 19.2. The van der Waals surface area contributed by atoms with Crippen molar-refractivity contribution in [3.05, 3.63) is 12.2 Å². The van der Waals surface area contributed by atoms with Gasteiger partial charge in [0.2, 0.25) is 5.91 Å². The van der Waals surface area contributed by atoms with Crippen molar-refractivity contribution in [3.63, 3.8) is 0 Å². The maximum absolute atomic E-state index is 12.3. The van der Waals surface area contributed by atoms with Crippen LogP contribution in [0.4, 0.5) is 0 Å². The first-order valence-electron chi connectivity index (χ1n) is 8.17. The highest BCUT2D eigenvalue weighted by Gasteiger charge is 2.25. The fraction of sp³-hybridized carbons (Fsp3) is 0.706. The minimum absolute atomic E-state index is 0.0459. The van der Waals surface area contributed by atoms with E-state index in [9.17, 15) is 14.4 Å². The van der Waals surface area contributed by atoms with Crippen molar-refractivity contribution in [1.29, 1.82) is 0 Å². The summed E-state index contributed by atoms with van der Waals surface area (Å²) in [5.74, 6) is -0.995. The molecule has 0 aliphatic heterocycles. The lowest BCUT2D eigenvalue weighted by molar-refractivity contribution is -0.141. The van der Waals surface area contributed by atoms with Crippen LogP contribution in [-0.2, 0) is 23.9 Å². The zero-order valence-corrected chi connectivity index (χ0v) is 14.2. The Bertz CT molecular complexity index is 438. The van der Waals surface area contributed by atoms with E-state index in [1.54, 1.807) is 0 Å². The maximum atomic E-state index is 12.3. The van der Waals surface area contributed by atoms with Crippen molar-refractivity contribution in [1.82, 2.24) is 5.32 Å². The van der Waals surface area contributed by atoms with Gasteiger partial charge in [-0.3, -0.25) is 4.79 Å². The first-order valence-corrected chi connectivity index (χ1v) is 8.17. The van der Waals surface area contributed by atoms with E-state index in [4.69, 9.17) is 4.74 Å². The molecule has 0 aromatic carbocycles. The summed E-state index contributed by atoms with van der Waals surface area (Å²) in [5, 5.41) is 2.99. The summed E-state index contributed by atoms with van der Waals surface area (Å²) in [4.78, 5) is 34.7. The van der Waals surface area contributed by atoms with Gasteiger partial charge in [0.25, 0.3) is 0 Å². The van der Waals surface area contributed by atoms with Gasteiger partial charge < -0.3 is 14.8 Å². The zero-order valence-electron chi connectivity index (χ0n) is 14.2. The second-order valence-electron chi connectivity index (χ2n) is 6.18. The number of ether oxygens (including phenoxy) is 2. The van der Waals surface area contributed by atoms with Crippen molar-refractivity contribution in [2.45, 2.75) is 52.0 Å². The monoisotopic (exact) mass is 325 g/mol. The van der Waals surface area contributed by atoms with Crippen molar-refractivity contribution in [3.8, 4) is 0 Å². The molecule has 1 aliphatic rings. The number of nitrogens with one attached hydrogen (secondary N) is 1. The molecule has 0 aromatic rings. The molecule has 1 aliphatic carbocycles. The van der Waals surface area contributed by atoms with E-state index in [1.807, 2.05) is 13.8 Å². The van der Waals surface area contributed by atoms with E-state index in [2.05, 4.69) is 10.1 Å². The van der Waals surface area contributed by atoms with E-state index in [0.717, 1.165) is 37.8 Å². The molecular weight excluding hydrogens is 298 g/mol. The minimum Gasteiger partial charge on any atom is -0.466 e. The van der Waals surface area contributed by atoms with Crippen LogP contribution in [0.5, 0.6) is 0 Å². The SMILES string of the molecule is COC(=O)/C=C/C(=O)OC[C@H](NC(=O)C1CCCCC1)C(C)C. The van der Waals surface area contributed by atoms with Crippen LogP contribution in [0.15, 0.2) is 12.2 Å². The van der Waals surface area contributed by atoms with Crippen molar-refractivity contribution in [2.75, 3.05) is 13.7 Å². The summed E-state index contributed by atoms with van der Waals surface area (Å²) in [5.41, 5.74) is 0. The Balaban J connectivity index is 2.45. The molecule has 0 heterocycles. The largest absolute Gasteiger partial charge is 0.466 e. The number of esters is 2. The molecule has 0 aromatic heterocycles. The Morgan fingerprint density at radius 1 is 1.09 bits per heavy atom. The van der Waals surface area contributed by atoms with Crippen molar-refractivity contribution < 1.29 is 23.9 Å². The molecule has 1 rings (SSSR count). The van der Waals surface area contributed by atoms with Crippen molar-refractivity contribution >= 4 is 17.8 Å². The van der Waals surface area contributed by atoms with Crippen LogP contribution in [0.25, 0.3) is 0 Å². The zero-order chi connectivity index (χ0) is 17.2. The van der Waals surface area contributed by atoms with E-state index < -0.39 is 11.9 Å². The molecule has 6 nitrogen and oxygen atoms in total. The summed E-state index contributed by atoms with van der Waals surface area (Å²) in [6.45, 7) is 4.01. The Kier molecular flexibility index (Phi) is 8.37. The van der Waals surface area contributed by atoms with E-state index in [-0.39, 0.29) is 30.4 Å². The molecule has 0 saturated heterocycles. The van der Waals surface area contributed by atoms with Crippen LogP contribution in [0.3, 0.4) is 0 Å². The van der Waals surface area contributed by atoms with Gasteiger partial charge >= 0.3 is 11.9 Å². The Hall–Kier alpha value is -1.85. The summed E-state index contributed by atoms with van der Waals surface area (Å²) < 4.78 is 9.49. The highest BCUT2D eigenvalue weighted by Crippen LogP contribution is 2.24. The van der Waals surface area contributed by atoms with Gasteiger partial charge in [-0.05, 0) is 18.8 Å². The smallest absolute Gasteiger partial charge is 0.331 e. The number of methoxy groups -OCH3 is 1. The fourth-order valence-electron chi connectivity index (χ4n) is 2.49. The number of carbonyl (C=O) groups excluding carboxylic acids is 3.